The standard InChI is InChI=1S/C18H24N2O6S/c1-12(21)13-5-6-15(25-4)14(7-13)10-27-11-18(24)26-9-17(23)20(3)8-16(22)19-2/h5-7H,8-11H2,1-4H3,(H,19,22). The van der Waals surface area contributed by atoms with E-state index in [4.69, 9.17) is 9.47 Å². The van der Waals surface area contributed by atoms with E-state index in [1.165, 1.54) is 44.8 Å². The Labute approximate surface area is 162 Å². The Balaban J connectivity index is 2.45. The molecule has 1 rings (SSSR count). The van der Waals surface area contributed by atoms with Gasteiger partial charge in [0, 0.05) is 31.0 Å². The zero-order valence-electron chi connectivity index (χ0n) is 15.9. The van der Waals surface area contributed by atoms with Crippen molar-refractivity contribution in [3.8, 4) is 5.75 Å². The average Bonchev–Trinajstić information content (AvgIpc) is 2.65. The molecule has 1 aromatic carbocycles. The molecule has 0 aliphatic rings. The molecule has 0 atom stereocenters. The lowest BCUT2D eigenvalue weighted by Gasteiger charge is -2.15. The minimum Gasteiger partial charge on any atom is -0.496 e. The summed E-state index contributed by atoms with van der Waals surface area (Å²) in [5, 5.41) is 2.40. The molecule has 1 N–H and O–H groups in total. The Morgan fingerprint density at radius 2 is 1.93 bits per heavy atom. The smallest absolute Gasteiger partial charge is 0.316 e. The van der Waals surface area contributed by atoms with E-state index >= 15 is 0 Å². The van der Waals surface area contributed by atoms with Crippen LogP contribution in [0.5, 0.6) is 5.75 Å². The number of hydrogen-bond donors (Lipinski definition) is 1. The maximum absolute atomic E-state index is 11.8. The summed E-state index contributed by atoms with van der Waals surface area (Å²) >= 11 is 1.28. The van der Waals surface area contributed by atoms with Gasteiger partial charge in [-0.1, -0.05) is 0 Å². The summed E-state index contributed by atoms with van der Waals surface area (Å²) < 4.78 is 10.2. The first kappa shape index (κ1) is 22.5. The van der Waals surface area contributed by atoms with Gasteiger partial charge in [-0.25, -0.2) is 0 Å². The molecule has 0 aliphatic heterocycles. The van der Waals surface area contributed by atoms with Crippen LogP contribution in [0.4, 0.5) is 0 Å². The maximum Gasteiger partial charge on any atom is 0.316 e. The van der Waals surface area contributed by atoms with Crippen molar-refractivity contribution in [2.75, 3.05) is 40.1 Å². The lowest BCUT2D eigenvalue weighted by atomic mass is 10.1. The number of Topliss-reactive ketones (excluding diaryl/α,β-unsaturated/α-hetero) is 1. The van der Waals surface area contributed by atoms with Gasteiger partial charge in [0.1, 0.15) is 5.75 Å². The number of amides is 2. The van der Waals surface area contributed by atoms with Crippen molar-refractivity contribution in [3.05, 3.63) is 29.3 Å². The number of nitrogens with one attached hydrogen (secondary N) is 1. The first-order chi connectivity index (χ1) is 12.8. The average molecular weight is 396 g/mol. The molecule has 2 amide bonds. The maximum atomic E-state index is 11.8. The van der Waals surface area contributed by atoms with Crippen molar-refractivity contribution >= 4 is 35.3 Å². The first-order valence-electron chi connectivity index (χ1n) is 8.14. The first-order valence-corrected chi connectivity index (χ1v) is 9.29. The number of thioether (sulfide) groups is 1. The quantitative estimate of drug-likeness (QED) is 0.463. The topological polar surface area (TPSA) is 102 Å². The Kier molecular flexibility index (Phi) is 9.35. The molecule has 0 fully saturated rings. The normalized spacial score (nSPS) is 10.1. The summed E-state index contributed by atoms with van der Waals surface area (Å²) in [5.41, 5.74) is 1.36. The van der Waals surface area contributed by atoms with Crippen LogP contribution in [0.3, 0.4) is 0 Å². The molecule has 0 bridgehead atoms. The molecular formula is C18H24N2O6S. The van der Waals surface area contributed by atoms with Gasteiger partial charge in [-0.2, -0.15) is 0 Å². The highest BCUT2D eigenvalue weighted by atomic mass is 32.2. The SMILES string of the molecule is CNC(=O)CN(C)C(=O)COC(=O)CSCc1cc(C(C)=O)ccc1OC. The molecule has 0 saturated heterocycles. The van der Waals surface area contributed by atoms with Crippen molar-refractivity contribution in [1.29, 1.82) is 0 Å². The number of methoxy groups -OCH3 is 1. The molecule has 8 nitrogen and oxygen atoms in total. The number of ketones is 1. The molecule has 0 spiro atoms. The van der Waals surface area contributed by atoms with Gasteiger partial charge in [-0.05, 0) is 25.1 Å². The van der Waals surface area contributed by atoms with E-state index < -0.39 is 18.5 Å². The highest BCUT2D eigenvalue weighted by Gasteiger charge is 2.15. The number of likely N-dealkylation sites (N-methyl/N-ethyl adjacent to an activating group) is 2. The van der Waals surface area contributed by atoms with E-state index in [1.807, 2.05) is 0 Å². The minimum absolute atomic E-state index is 0.0416. The molecule has 0 heterocycles. The van der Waals surface area contributed by atoms with Gasteiger partial charge >= 0.3 is 5.97 Å². The third-order valence-corrected chi connectivity index (χ3v) is 4.56. The predicted octanol–water partition coefficient (Wildman–Crippen LogP) is 0.879. The highest BCUT2D eigenvalue weighted by molar-refractivity contribution is 7.99. The summed E-state index contributed by atoms with van der Waals surface area (Å²) in [4.78, 5) is 47.5. The van der Waals surface area contributed by atoms with E-state index in [2.05, 4.69) is 5.32 Å². The van der Waals surface area contributed by atoms with Crippen molar-refractivity contribution in [2.45, 2.75) is 12.7 Å². The fraction of sp³-hybridized carbons (Fsp3) is 0.444. The fourth-order valence-electron chi connectivity index (χ4n) is 2.03. The largest absolute Gasteiger partial charge is 0.496 e. The third kappa shape index (κ3) is 7.69. The second-order valence-electron chi connectivity index (χ2n) is 5.66. The Bertz CT molecular complexity index is 707. The minimum atomic E-state index is -0.539. The van der Waals surface area contributed by atoms with Gasteiger partial charge in [0.25, 0.3) is 5.91 Å². The van der Waals surface area contributed by atoms with Crippen molar-refractivity contribution < 1.29 is 28.7 Å². The van der Waals surface area contributed by atoms with Crippen LogP contribution >= 0.6 is 11.8 Å². The second kappa shape index (κ2) is 11.2. The summed E-state index contributed by atoms with van der Waals surface area (Å²) in [6, 6.07) is 5.13. The number of carbonyl (C=O) groups is 4. The van der Waals surface area contributed by atoms with Gasteiger partial charge in [0.15, 0.2) is 12.4 Å². The number of esters is 1. The van der Waals surface area contributed by atoms with E-state index in [1.54, 1.807) is 18.2 Å². The van der Waals surface area contributed by atoms with Gasteiger partial charge in [0.05, 0.1) is 19.4 Å². The predicted molar refractivity (Wildman–Crippen MR) is 102 cm³/mol. The van der Waals surface area contributed by atoms with Crippen molar-refractivity contribution in [1.82, 2.24) is 10.2 Å². The molecule has 0 unspecified atom stereocenters. The molecule has 0 aromatic heterocycles. The monoisotopic (exact) mass is 396 g/mol. The van der Waals surface area contributed by atoms with E-state index in [0.717, 1.165) is 5.56 Å². The van der Waals surface area contributed by atoms with Crippen LogP contribution in [0, 0.1) is 0 Å². The molecule has 0 radical (unpaired) electrons. The molecule has 27 heavy (non-hydrogen) atoms. The summed E-state index contributed by atoms with van der Waals surface area (Å²) in [7, 11) is 4.46. The Morgan fingerprint density at radius 3 is 2.52 bits per heavy atom. The van der Waals surface area contributed by atoms with Crippen LogP contribution < -0.4 is 10.1 Å². The van der Waals surface area contributed by atoms with Gasteiger partial charge < -0.3 is 19.7 Å². The summed E-state index contributed by atoms with van der Waals surface area (Å²) in [6.07, 6.45) is 0. The van der Waals surface area contributed by atoms with Gasteiger partial charge in [0.2, 0.25) is 5.91 Å². The Morgan fingerprint density at radius 1 is 1.22 bits per heavy atom. The zero-order chi connectivity index (χ0) is 20.4. The lowest BCUT2D eigenvalue weighted by molar-refractivity contribution is -0.149. The van der Waals surface area contributed by atoms with Crippen LogP contribution in [0.15, 0.2) is 18.2 Å². The lowest BCUT2D eigenvalue weighted by Crippen LogP contribution is -2.39. The van der Waals surface area contributed by atoms with Crippen molar-refractivity contribution in [2.24, 2.45) is 0 Å². The molecule has 9 heteroatoms. The molecular weight excluding hydrogens is 372 g/mol. The van der Waals surface area contributed by atoms with Crippen molar-refractivity contribution in [3.63, 3.8) is 0 Å². The second-order valence-corrected chi connectivity index (χ2v) is 6.64. The van der Waals surface area contributed by atoms with E-state index in [-0.39, 0.29) is 24.0 Å². The summed E-state index contributed by atoms with van der Waals surface area (Å²) in [6.45, 7) is 0.957. The molecule has 0 saturated carbocycles. The molecule has 0 aliphatic carbocycles. The number of rotatable bonds is 10. The third-order valence-electron chi connectivity index (χ3n) is 3.61. The van der Waals surface area contributed by atoms with Crippen LogP contribution in [-0.4, -0.2) is 68.6 Å². The molecule has 1 aromatic rings. The van der Waals surface area contributed by atoms with Crippen LogP contribution in [0.25, 0.3) is 0 Å². The van der Waals surface area contributed by atoms with Gasteiger partial charge in [-0.3, -0.25) is 19.2 Å². The van der Waals surface area contributed by atoms with E-state index in [9.17, 15) is 19.2 Å². The molecule has 148 valence electrons. The van der Waals surface area contributed by atoms with E-state index in [0.29, 0.717) is 17.1 Å². The number of carbonyl (C=O) groups excluding carboxylic acids is 4. The summed E-state index contributed by atoms with van der Waals surface area (Å²) in [5.74, 6) is -0.246. The number of benzene rings is 1. The fourth-order valence-corrected chi connectivity index (χ4v) is 2.83. The van der Waals surface area contributed by atoms with Gasteiger partial charge in [-0.15, -0.1) is 11.8 Å². The zero-order valence-corrected chi connectivity index (χ0v) is 16.7. The highest BCUT2D eigenvalue weighted by Crippen LogP contribution is 2.25. The van der Waals surface area contributed by atoms with Crippen LogP contribution in [0.1, 0.15) is 22.8 Å². The Hall–Kier alpha value is -2.55. The van der Waals surface area contributed by atoms with Crippen LogP contribution in [0.2, 0.25) is 0 Å². The number of hydrogen-bond acceptors (Lipinski definition) is 7. The number of ether oxygens (including phenoxy) is 2. The number of nitrogens with zero attached hydrogens (tertiary/aromatic N) is 1. The van der Waals surface area contributed by atoms with Crippen LogP contribution in [-0.2, 0) is 24.9 Å².